The maximum atomic E-state index is 12.8. The zero-order chi connectivity index (χ0) is 20.1. The summed E-state index contributed by atoms with van der Waals surface area (Å²) in [5, 5.41) is 6.29. The largest absolute Gasteiger partial charge is 0.497 e. The summed E-state index contributed by atoms with van der Waals surface area (Å²) in [5.74, 6) is 1.95. The third kappa shape index (κ3) is 4.58. The van der Waals surface area contributed by atoms with Crippen LogP contribution in [0.4, 0.5) is 4.79 Å². The minimum absolute atomic E-state index is 0.0210. The summed E-state index contributed by atoms with van der Waals surface area (Å²) in [6.07, 6.45) is 2.66. The van der Waals surface area contributed by atoms with Crippen LogP contribution in [0.15, 0.2) is 23.6 Å². The zero-order valence-electron chi connectivity index (χ0n) is 17.0. The highest BCUT2D eigenvalue weighted by atomic mass is 32.1. The Kier molecular flexibility index (Phi) is 6.78. The van der Waals surface area contributed by atoms with E-state index in [4.69, 9.17) is 9.47 Å². The van der Waals surface area contributed by atoms with Gasteiger partial charge in [-0.05, 0) is 25.0 Å². The highest BCUT2D eigenvalue weighted by Gasteiger charge is 2.31. The van der Waals surface area contributed by atoms with Gasteiger partial charge in [-0.25, -0.2) is 9.78 Å². The standard InChI is InChI=1S/C21H29N3O3S/c1-14(2)20-23-15(13-28-20)9-10-22-21(25)24-11-5-6-18(24)17-8-7-16(26-3)12-19(17)27-4/h7-8,12-14,18H,5-6,9-11H2,1-4H3,(H,22,25). The number of methoxy groups -OCH3 is 2. The van der Waals surface area contributed by atoms with E-state index in [1.807, 2.05) is 23.1 Å². The first-order chi connectivity index (χ1) is 13.5. The Morgan fingerprint density at radius 3 is 2.86 bits per heavy atom. The molecule has 1 unspecified atom stereocenters. The predicted octanol–water partition coefficient (Wildman–Crippen LogP) is 4.37. The second kappa shape index (κ2) is 9.28. The van der Waals surface area contributed by atoms with Crippen molar-refractivity contribution in [1.82, 2.24) is 15.2 Å². The smallest absolute Gasteiger partial charge is 0.317 e. The molecule has 28 heavy (non-hydrogen) atoms. The Morgan fingerprint density at radius 1 is 1.36 bits per heavy atom. The second-order valence-corrected chi connectivity index (χ2v) is 8.16. The summed E-state index contributed by atoms with van der Waals surface area (Å²) in [5.41, 5.74) is 2.07. The fourth-order valence-corrected chi connectivity index (χ4v) is 4.40. The van der Waals surface area contributed by atoms with E-state index in [0.29, 0.717) is 12.5 Å². The summed E-state index contributed by atoms with van der Waals surface area (Å²) in [7, 11) is 3.28. The minimum atomic E-state index is -0.0281. The molecule has 0 radical (unpaired) electrons. The number of rotatable bonds is 7. The topological polar surface area (TPSA) is 63.7 Å². The van der Waals surface area contributed by atoms with Gasteiger partial charge in [-0.2, -0.15) is 0 Å². The second-order valence-electron chi connectivity index (χ2n) is 7.27. The molecule has 2 heterocycles. The van der Waals surface area contributed by atoms with Crippen molar-refractivity contribution in [3.8, 4) is 11.5 Å². The van der Waals surface area contributed by atoms with Crippen molar-refractivity contribution in [2.24, 2.45) is 0 Å². The minimum Gasteiger partial charge on any atom is -0.497 e. The molecular formula is C21H29N3O3S. The highest BCUT2D eigenvalue weighted by Crippen LogP contribution is 2.38. The molecule has 1 atom stereocenters. The molecule has 2 amide bonds. The Hall–Kier alpha value is -2.28. The zero-order valence-corrected chi connectivity index (χ0v) is 17.8. The lowest BCUT2D eigenvalue weighted by Gasteiger charge is -2.26. The lowest BCUT2D eigenvalue weighted by Crippen LogP contribution is -2.40. The lowest BCUT2D eigenvalue weighted by atomic mass is 10.0. The first-order valence-corrected chi connectivity index (χ1v) is 10.6. The fraction of sp³-hybridized carbons (Fsp3) is 0.524. The predicted molar refractivity (Wildman–Crippen MR) is 112 cm³/mol. The van der Waals surface area contributed by atoms with Gasteiger partial charge in [-0.1, -0.05) is 13.8 Å². The molecule has 1 fully saturated rings. The van der Waals surface area contributed by atoms with Crippen molar-refractivity contribution in [3.63, 3.8) is 0 Å². The summed E-state index contributed by atoms with van der Waals surface area (Å²) >= 11 is 1.69. The molecule has 1 aromatic carbocycles. The third-order valence-corrected chi connectivity index (χ3v) is 6.23. The van der Waals surface area contributed by atoms with Crippen LogP contribution in [0, 0.1) is 0 Å². The molecule has 2 aromatic rings. The Balaban J connectivity index is 1.61. The van der Waals surface area contributed by atoms with Gasteiger partial charge in [0.25, 0.3) is 0 Å². The van der Waals surface area contributed by atoms with Gasteiger partial charge in [0.2, 0.25) is 0 Å². The number of likely N-dealkylation sites (tertiary alicyclic amines) is 1. The van der Waals surface area contributed by atoms with Crippen LogP contribution in [0.1, 0.15) is 54.9 Å². The van der Waals surface area contributed by atoms with Crippen molar-refractivity contribution < 1.29 is 14.3 Å². The van der Waals surface area contributed by atoms with E-state index >= 15 is 0 Å². The summed E-state index contributed by atoms with van der Waals surface area (Å²) in [6, 6.07) is 5.78. The molecule has 1 aliphatic rings. The normalized spacial score (nSPS) is 16.5. The quantitative estimate of drug-likeness (QED) is 0.745. The fourth-order valence-electron chi connectivity index (χ4n) is 3.53. The molecule has 3 rings (SSSR count). The molecule has 1 aromatic heterocycles. The van der Waals surface area contributed by atoms with Crippen LogP contribution in [-0.4, -0.2) is 43.2 Å². The average Bonchev–Trinajstić information content (AvgIpc) is 3.37. The van der Waals surface area contributed by atoms with E-state index in [-0.39, 0.29) is 12.1 Å². The number of hydrogen-bond acceptors (Lipinski definition) is 5. The van der Waals surface area contributed by atoms with E-state index in [0.717, 1.165) is 53.6 Å². The number of amides is 2. The third-order valence-electron chi connectivity index (χ3n) is 5.03. The maximum absolute atomic E-state index is 12.8. The van der Waals surface area contributed by atoms with Gasteiger partial charge in [-0.15, -0.1) is 11.3 Å². The van der Waals surface area contributed by atoms with Gasteiger partial charge in [0, 0.05) is 42.4 Å². The number of thiazole rings is 1. The molecule has 0 saturated carbocycles. The SMILES string of the molecule is COc1ccc(C2CCCN2C(=O)NCCc2csc(C(C)C)n2)c(OC)c1. The Bertz CT molecular complexity index is 806. The van der Waals surface area contributed by atoms with E-state index in [2.05, 4.69) is 29.5 Å². The van der Waals surface area contributed by atoms with Gasteiger partial charge in [0.05, 0.1) is 31.0 Å². The van der Waals surface area contributed by atoms with E-state index in [1.165, 1.54) is 0 Å². The lowest BCUT2D eigenvalue weighted by molar-refractivity contribution is 0.192. The highest BCUT2D eigenvalue weighted by molar-refractivity contribution is 7.09. The number of carbonyl (C=O) groups excluding carboxylic acids is 1. The first-order valence-electron chi connectivity index (χ1n) is 9.74. The van der Waals surface area contributed by atoms with Crippen molar-refractivity contribution in [1.29, 1.82) is 0 Å². The number of urea groups is 1. The molecule has 152 valence electrons. The van der Waals surface area contributed by atoms with Gasteiger partial charge in [-0.3, -0.25) is 0 Å². The average molecular weight is 404 g/mol. The van der Waals surface area contributed by atoms with Crippen LogP contribution in [0.5, 0.6) is 11.5 Å². The number of benzene rings is 1. The Morgan fingerprint density at radius 2 is 2.18 bits per heavy atom. The number of nitrogens with one attached hydrogen (secondary N) is 1. The summed E-state index contributed by atoms with van der Waals surface area (Å²) < 4.78 is 10.8. The van der Waals surface area contributed by atoms with Gasteiger partial charge >= 0.3 is 6.03 Å². The van der Waals surface area contributed by atoms with Gasteiger partial charge in [0.15, 0.2) is 0 Å². The van der Waals surface area contributed by atoms with E-state index in [1.54, 1.807) is 25.6 Å². The first kappa shape index (κ1) is 20.5. The van der Waals surface area contributed by atoms with Crippen LogP contribution < -0.4 is 14.8 Å². The van der Waals surface area contributed by atoms with Crippen molar-refractivity contribution in [2.45, 2.75) is 45.1 Å². The molecule has 0 aliphatic carbocycles. The number of ether oxygens (including phenoxy) is 2. The molecule has 0 bridgehead atoms. The number of carbonyl (C=O) groups is 1. The van der Waals surface area contributed by atoms with Crippen LogP contribution in [0.2, 0.25) is 0 Å². The number of aromatic nitrogens is 1. The molecule has 1 aliphatic heterocycles. The molecular weight excluding hydrogens is 374 g/mol. The van der Waals surface area contributed by atoms with E-state index in [9.17, 15) is 4.79 Å². The summed E-state index contributed by atoms with van der Waals surface area (Å²) in [6.45, 7) is 5.62. The van der Waals surface area contributed by atoms with Crippen LogP contribution in [0.3, 0.4) is 0 Å². The monoisotopic (exact) mass is 403 g/mol. The molecule has 1 saturated heterocycles. The molecule has 1 N–H and O–H groups in total. The maximum Gasteiger partial charge on any atom is 0.317 e. The van der Waals surface area contributed by atoms with Crippen molar-refractivity contribution in [3.05, 3.63) is 39.8 Å². The molecule has 0 spiro atoms. The van der Waals surface area contributed by atoms with Crippen LogP contribution >= 0.6 is 11.3 Å². The Labute approximate surface area is 170 Å². The number of nitrogens with zero attached hydrogens (tertiary/aromatic N) is 2. The molecule has 7 heteroatoms. The van der Waals surface area contributed by atoms with Gasteiger partial charge in [0.1, 0.15) is 11.5 Å². The molecule has 6 nitrogen and oxygen atoms in total. The van der Waals surface area contributed by atoms with Gasteiger partial charge < -0.3 is 19.7 Å². The number of hydrogen-bond donors (Lipinski definition) is 1. The summed E-state index contributed by atoms with van der Waals surface area (Å²) in [4.78, 5) is 19.3. The van der Waals surface area contributed by atoms with Crippen molar-refractivity contribution >= 4 is 17.4 Å². The van der Waals surface area contributed by atoms with Crippen molar-refractivity contribution in [2.75, 3.05) is 27.3 Å². The van der Waals surface area contributed by atoms with Crippen LogP contribution in [0.25, 0.3) is 0 Å². The van der Waals surface area contributed by atoms with E-state index < -0.39 is 0 Å². The van der Waals surface area contributed by atoms with Crippen LogP contribution in [-0.2, 0) is 6.42 Å².